The summed E-state index contributed by atoms with van der Waals surface area (Å²) in [5.74, 6) is 0.971. The van der Waals surface area contributed by atoms with Crippen molar-refractivity contribution in [1.82, 2.24) is 9.55 Å². The molecule has 0 saturated heterocycles. The highest BCUT2D eigenvalue weighted by Gasteiger charge is 2.13. The molecule has 0 spiro atoms. The van der Waals surface area contributed by atoms with Gasteiger partial charge in [0, 0.05) is 15.0 Å². The molecule has 0 radical (unpaired) electrons. The van der Waals surface area contributed by atoms with Gasteiger partial charge in [0.25, 0.3) is 0 Å². The molecular weight excluding hydrogens is 404 g/mol. The van der Waals surface area contributed by atoms with Crippen LogP contribution in [-0.4, -0.2) is 9.55 Å². The number of aromatic nitrogens is 2. The van der Waals surface area contributed by atoms with E-state index in [1.54, 1.807) is 0 Å². The highest BCUT2D eigenvalue weighted by molar-refractivity contribution is 9.13. The largest absolute Gasteiger partial charge is 0.322 e. The molecule has 2 nitrogen and oxygen atoms in total. The van der Waals surface area contributed by atoms with Gasteiger partial charge in [-0.05, 0) is 69.5 Å². The van der Waals surface area contributed by atoms with Crippen molar-refractivity contribution in [1.29, 1.82) is 0 Å². The zero-order chi connectivity index (χ0) is 15.7. The zero-order valence-electron chi connectivity index (χ0n) is 12.4. The summed E-state index contributed by atoms with van der Waals surface area (Å²) in [6.07, 6.45) is 4.18. The second-order valence-corrected chi connectivity index (χ2v) is 7.14. The molecule has 0 atom stereocenters. The molecule has 0 amide bonds. The minimum absolute atomic E-state index is 0.341. The van der Waals surface area contributed by atoms with Crippen molar-refractivity contribution in [2.45, 2.75) is 19.9 Å². The average Bonchev–Trinajstić information content (AvgIpc) is 2.84. The molecule has 3 aromatic rings. The summed E-state index contributed by atoms with van der Waals surface area (Å²) in [5, 5.41) is 0. The molecule has 0 aliphatic heterocycles. The van der Waals surface area contributed by atoms with Crippen LogP contribution in [0.15, 0.2) is 51.4 Å². The number of hydrogen-bond donors (Lipinski definition) is 0. The first-order chi connectivity index (χ1) is 10.6. The first kappa shape index (κ1) is 15.5. The number of halogens is 2. The van der Waals surface area contributed by atoms with Crippen LogP contribution in [0.4, 0.5) is 0 Å². The van der Waals surface area contributed by atoms with Crippen molar-refractivity contribution in [3.05, 3.63) is 62.8 Å². The SMILES string of the molecule is CC(C)n1c(/C=C/c2ccccc2)nc2cc(Br)c(Br)cc21. The fourth-order valence-electron chi connectivity index (χ4n) is 2.50. The van der Waals surface area contributed by atoms with Crippen LogP contribution in [-0.2, 0) is 0 Å². The Bertz CT molecular complexity index is 833. The number of fused-ring (bicyclic) bond motifs is 1. The minimum Gasteiger partial charge on any atom is -0.322 e. The molecule has 0 unspecified atom stereocenters. The zero-order valence-corrected chi connectivity index (χ0v) is 15.6. The number of imidazole rings is 1. The van der Waals surface area contributed by atoms with Crippen molar-refractivity contribution in [3.63, 3.8) is 0 Å². The number of rotatable bonds is 3. The summed E-state index contributed by atoms with van der Waals surface area (Å²) in [5.41, 5.74) is 3.31. The maximum Gasteiger partial charge on any atom is 0.134 e. The van der Waals surface area contributed by atoms with Gasteiger partial charge in [-0.2, -0.15) is 0 Å². The van der Waals surface area contributed by atoms with Gasteiger partial charge < -0.3 is 4.57 Å². The van der Waals surface area contributed by atoms with Gasteiger partial charge >= 0.3 is 0 Å². The lowest BCUT2D eigenvalue weighted by atomic mass is 10.2. The first-order valence-electron chi connectivity index (χ1n) is 7.16. The molecule has 0 aliphatic carbocycles. The van der Waals surface area contributed by atoms with Crippen LogP contribution in [0.3, 0.4) is 0 Å². The van der Waals surface area contributed by atoms with Crippen molar-refractivity contribution in [2.24, 2.45) is 0 Å². The van der Waals surface area contributed by atoms with Crippen LogP contribution >= 0.6 is 31.9 Å². The molecule has 0 bridgehead atoms. The van der Waals surface area contributed by atoms with E-state index in [0.717, 1.165) is 25.8 Å². The lowest BCUT2D eigenvalue weighted by Crippen LogP contribution is -2.02. The summed E-state index contributed by atoms with van der Waals surface area (Å²) < 4.78 is 4.32. The molecule has 0 aliphatic rings. The van der Waals surface area contributed by atoms with E-state index >= 15 is 0 Å². The average molecular weight is 420 g/mol. The number of hydrogen-bond acceptors (Lipinski definition) is 1. The Balaban J connectivity index is 2.13. The number of benzene rings is 2. The van der Waals surface area contributed by atoms with E-state index in [1.807, 2.05) is 18.2 Å². The van der Waals surface area contributed by atoms with Gasteiger partial charge in [0.2, 0.25) is 0 Å². The van der Waals surface area contributed by atoms with Crippen LogP contribution in [0.5, 0.6) is 0 Å². The van der Waals surface area contributed by atoms with Crippen molar-refractivity contribution in [3.8, 4) is 0 Å². The molecule has 0 N–H and O–H groups in total. The van der Waals surface area contributed by atoms with Crippen LogP contribution in [0.1, 0.15) is 31.3 Å². The van der Waals surface area contributed by atoms with Gasteiger partial charge in [-0.1, -0.05) is 36.4 Å². The second kappa shape index (κ2) is 6.39. The molecule has 0 fully saturated rings. The monoisotopic (exact) mass is 418 g/mol. The van der Waals surface area contributed by atoms with E-state index < -0.39 is 0 Å². The summed E-state index contributed by atoms with van der Waals surface area (Å²) in [6, 6.07) is 14.8. The summed E-state index contributed by atoms with van der Waals surface area (Å²) in [4.78, 5) is 4.78. The van der Waals surface area contributed by atoms with Gasteiger partial charge in [0.1, 0.15) is 5.82 Å². The van der Waals surface area contributed by atoms with Gasteiger partial charge in [0.05, 0.1) is 11.0 Å². The molecule has 22 heavy (non-hydrogen) atoms. The second-order valence-electron chi connectivity index (χ2n) is 5.43. The summed E-state index contributed by atoms with van der Waals surface area (Å²) >= 11 is 7.13. The van der Waals surface area contributed by atoms with E-state index in [1.165, 1.54) is 5.56 Å². The first-order valence-corrected chi connectivity index (χ1v) is 8.75. The third kappa shape index (κ3) is 3.03. The quantitative estimate of drug-likeness (QED) is 0.486. The molecule has 0 saturated carbocycles. The van der Waals surface area contributed by atoms with Crippen LogP contribution in [0.2, 0.25) is 0 Å². The molecule has 1 aromatic heterocycles. The third-order valence-corrected chi connectivity index (χ3v) is 5.34. The molecular formula is C18H16Br2N2. The summed E-state index contributed by atoms with van der Waals surface area (Å²) in [7, 11) is 0. The Morgan fingerprint density at radius 3 is 2.36 bits per heavy atom. The smallest absolute Gasteiger partial charge is 0.134 e. The maximum absolute atomic E-state index is 4.78. The minimum atomic E-state index is 0.341. The van der Waals surface area contributed by atoms with Crippen LogP contribution in [0, 0.1) is 0 Å². The van der Waals surface area contributed by atoms with Gasteiger partial charge in [-0.15, -0.1) is 0 Å². The van der Waals surface area contributed by atoms with Crippen molar-refractivity contribution < 1.29 is 0 Å². The van der Waals surface area contributed by atoms with Gasteiger partial charge in [0.15, 0.2) is 0 Å². The summed E-state index contributed by atoms with van der Waals surface area (Å²) in [6.45, 7) is 4.36. The molecule has 3 rings (SSSR count). The lowest BCUT2D eigenvalue weighted by molar-refractivity contribution is 0.612. The Labute approximate surface area is 147 Å². The highest BCUT2D eigenvalue weighted by atomic mass is 79.9. The normalized spacial score (nSPS) is 11.9. The molecule has 112 valence electrons. The molecule has 1 heterocycles. The van der Waals surface area contributed by atoms with E-state index in [4.69, 9.17) is 4.98 Å². The fraction of sp³-hybridized carbons (Fsp3) is 0.167. The Morgan fingerprint density at radius 1 is 1.00 bits per heavy atom. The standard InChI is InChI=1S/C18H16Br2N2/c1-12(2)22-17-11-15(20)14(19)10-16(17)21-18(22)9-8-13-6-4-3-5-7-13/h3-12H,1-2H3/b9-8+. The Morgan fingerprint density at radius 2 is 1.68 bits per heavy atom. The lowest BCUT2D eigenvalue weighted by Gasteiger charge is -2.11. The topological polar surface area (TPSA) is 17.8 Å². The van der Waals surface area contributed by atoms with Crippen LogP contribution in [0.25, 0.3) is 23.2 Å². The predicted octanol–water partition coefficient (Wildman–Crippen LogP) is 6.31. The highest BCUT2D eigenvalue weighted by Crippen LogP contribution is 2.31. The Hall–Kier alpha value is -1.39. The van der Waals surface area contributed by atoms with Gasteiger partial charge in [-0.3, -0.25) is 0 Å². The molecule has 4 heteroatoms. The molecule has 2 aromatic carbocycles. The fourth-order valence-corrected chi connectivity index (χ4v) is 3.17. The number of nitrogens with zero attached hydrogens (tertiary/aromatic N) is 2. The predicted molar refractivity (Wildman–Crippen MR) is 101 cm³/mol. The van der Waals surface area contributed by atoms with Crippen molar-refractivity contribution >= 4 is 55.0 Å². The van der Waals surface area contributed by atoms with Gasteiger partial charge in [-0.25, -0.2) is 4.98 Å². The third-order valence-electron chi connectivity index (χ3n) is 3.50. The van der Waals surface area contributed by atoms with Crippen molar-refractivity contribution in [2.75, 3.05) is 0 Å². The Kier molecular flexibility index (Phi) is 4.50. The van der Waals surface area contributed by atoms with E-state index in [9.17, 15) is 0 Å². The van der Waals surface area contributed by atoms with Crippen LogP contribution < -0.4 is 0 Å². The maximum atomic E-state index is 4.78. The van der Waals surface area contributed by atoms with E-state index in [0.29, 0.717) is 6.04 Å². The van der Waals surface area contributed by atoms with E-state index in [-0.39, 0.29) is 0 Å². The van der Waals surface area contributed by atoms with E-state index in [2.05, 4.69) is 86.7 Å².